The number of rotatable bonds is 7. The Labute approximate surface area is 193 Å². The van der Waals surface area contributed by atoms with E-state index in [9.17, 15) is 13.5 Å². The van der Waals surface area contributed by atoms with Crippen molar-refractivity contribution >= 4 is 27.2 Å². The van der Waals surface area contributed by atoms with Crippen LogP contribution in [0.5, 0.6) is 0 Å². The number of hydrogen-bond donors (Lipinski definition) is 4. The van der Waals surface area contributed by atoms with Crippen LogP contribution in [0.1, 0.15) is 49.4 Å². The van der Waals surface area contributed by atoms with Crippen molar-refractivity contribution in [3.63, 3.8) is 0 Å². The average Bonchev–Trinajstić information content (AvgIpc) is 3.47. The molecule has 0 unspecified atom stereocenters. The molecule has 1 aromatic carbocycles. The van der Waals surface area contributed by atoms with E-state index in [1.807, 2.05) is 16.8 Å². The van der Waals surface area contributed by atoms with Crippen molar-refractivity contribution in [3.8, 4) is 0 Å². The van der Waals surface area contributed by atoms with Crippen molar-refractivity contribution in [2.75, 3.05) is 11.9 Å². The highest BCUT2D eigenvalue weighted by atomic mass is 32.2. The summed E-state index contributed by atoms with van der Waals surface area (Å²) in [5.41, 5.74) is 3.49. The van der Waals surface area contributed by atoms with Gasteiger partial charge in [0.2, 0.25) is 0 Å². The third kappa shape index (κ3) is 4.35. The van der Waals surface area contributed by atoms with Gasteiger partial charge in [-0.05, 0) is 42.4 Å². The zero-order valence-electron chi connectivity index (χ0n) is 18.4. The second-order valence-electron chi connectivity index (χ2n) is 9.15. The van der Waals surface area contributed by atoms with Gasteiger partial charge < -0.3 is 15.0 Å². The van der Waals surface area contributed by atoms with Crippen LogP contribution in [0.15, 0.2) is 42.9 Å². The molecule has 0 spiro atoms. The number of aromatic nitrogens is 3. The van der Waals surface area contributed by atoms with Crippen LogP contribution in [-0.4, -0.2) is 45.3 Å². The molecule has 0 radical (unpaired) electrons. The highest BCUT2D eigenvalue weighted by molar-refractivity contribution is 7.83. The molecule has 33 heavy (non-hydrogen) atoms. The van der Waals surface area contributed by atoms with Crippen LogP contribution < -0.4 is 10.0 Å². The number of aliphatic hydroxyl groups excluding tert-OH is 1. The smallest absolute Gasteiger partial charge is 0.333 e. The van der Waals surface area contributed by atoms with Crippen LogP contribution in [-0.2, 0) is 16.7 Å². The molecule has 1 fully saturated rings. The summed E-state index contributed by atoms with van der Waals surface area (Å²) >= 11 is 0. The van der Waals surface area contributed by atoms with Crippen LogP contribution in [0.2, 0.25) is 0 Å². The van der Waals surface area contributed by atoms with Gasteiger partial charge in [0.05, 0.1) is 17.5 Å². The Morgan fingerprint density at radius 2 is 1.97 bits per heavy atom. The molecule has 5 rings (SSSR count). The van der Waals surface area contributed by atoms with Gasteiger partial charge in [0.15, 0.2) is 0 Å². The maximum Gasteiger partial charge on any atom is 0.333 e. The predicted molar refractivity (Wildman–Crippen MR) is 125 cm³/mol. The second-order valence-corrected chi connectivity index (χ2v) is 10.4. The fourth-order valence-corrected chi connectivity index (χ4v) is 5.94. The molecule has 4 N–H and O–H groups in total. The summed E-state index contributed by atoms with van der Waals surface area (Å²) in [6.45, 7) is 2.22. The Hall–Kier alpha value is -2.53. The van der Waals surface area contributed by atoms with E-state index in [1.165, 1.54) is 11.1 Å². The van der Waals surface area contributed by atoms with E-state index in [0.29, 0.717) is 18.8 Å². The maximum absolute atomic E-state index is 11.0. The lowest BCUT2D eigenvalue weighted by Gasteiger charge is -2.22. The van der Waals surface area contributed by atoms with Crippen molar-refractivity contribution in [1.82, 2.24) is 19.3 Å². The van der Waals surface area contributed by atoms with E-state index < -0.39 is 16.4 Å². The molecule has 2 aromatic heterocycles. The zero-order valence-corrected chi connectivity index (χ0v) is 19.2. The van der Waals surface area contributed by atoms with Crippen molar-refractivity contribution in [2.45, 2.75) is 50.8 Å². The first-order valence-corrected chi connectivity index (χ1v) is 12.8. The third-order valence-electron chi connectivity index (χ3n) is 7.22. The van der Waals surface area contributed by atoms with Crippen molar-refractivity contribution < 1.29 is 18.1 Å². The molecule has 5 atom stereocenters. The van der Waals surface area contributed by atoms with E-state index >= 15 is 0 Å². The van der Waals surface area contributed by atoms with Gasteiger partial charge in [-0.25, -0.2) is 9.97 Å². The SMILES string of the molecule is CC[C@@H]1Cc2ccccc2[C@@H]1Nc1ncnc2c1ccn2[C@@H]1C[C@@H](CNS(=O)(=O)O)[C@@H](O)C1. The van der Waals surface area contributed by atoms with Gasteiger partial charge in [-0.15, -0.1) is 0 Å². The number of benzene rings is 1. The molecule has 9 nitrogen and oxygen atoms in total. The maximum atomic E-state index is 11.0. The fourth-order valence-electron chi connectivity index (χ4n) is 5.51. The highest BCUT2D eigenvalue weighted by Gasteiger charge is 2.36. The highest BCUT2D eigenvalue weighted by Crippen LogP contribution is 2.41. The van der Waals surface area contributed by atoms with Crippen LogP contribution in [0.3, 0.4) is 0 Å². The number of fused-ring (bicyclic) bond motifs is 2. The molecule has 2 heterocycles. The predicted octanol–water partition coefficient (Wildman–Crippen LogP) is 2.87. The first-order valence-electron chi connectivity index (χ1n) is 11.4. The topological polar surface area (TPSA) is 129 Å². The summed E-state index contributed by atoms with van der Waals surface area (Å²) in [7, 11) is -4.28. The van der Waals surface area contributed by atoms with E-state index in [-0.39, 0.29) is 24.5 Å². The zero-order chi connectivity index (χ0) is 23.2. The van der Waals surface area contributed by atoms with Crippen molar-refractivity contribution in [1.29, 1.82) is 0 Å². The second kappa shape index (κ2) is 8.68. The fraction of sp³-hybridized carbons (Fsp3) is 0.478. The molecule has 0 amide bonds. The van der Waals surface area contributed by atoms with Gasteiger partial charge in [-0.3, -0.25) is 4.55 Å². The summed E-state index contributed by atoms with van der Waals surface area (Å²) in [5.74, 6) is 1.01. The van der Waals surface area contributed by atoms with Gasteiger partial charge in [0.25, 0.3) is 0 Å². The molecule has 1 saturated carbocycles. The molecule has 0 saturated heterocycles. The molecule has 2 aliphatic rings. The number of hydrogen-bond acceptors (Lipinski definition) is 6. The van der Waals surface area contributed by atoms with E-state index in [2.05, 4.69) is 51.2 Å². The lowest BCUT2D eigenvalue weighted by Crippen LogP contribution is -2.31. The number of nitrogens with zero attached hydrogens (tertiary/aromatic N) is 3. The minimum absolute atomic E-state index is 0.00299. The lowest BCUT2D eigenvalue weighted by atomic mass is 9.98. The van der Waals surface area contributed by atoms with E-state index in [1.54, 1.807) is 6.33 Å². The summed E-state index contributed by atoms with van der Waals surface area (Å²) in [4.78, 5) is 9.07. The first kappa shape index (κ1) is 22.3. The Morgan fingerprint density at radius 3 is 2.76 bits per heavy atom. The quantitative estimate of drug-likeness (QED) is 0.390. The van der Waals surface area contributed by atoms with E-state index in [0.717, 1.165) is 29.7 Å². The molecule has 0 aliphatic heterocycles. The number of anilines is 1. The normalized spacial score (nSPS) is 27.2. The first-order chi connectivity index (χ1) is 15.8. The van der Waals surface area contributed by atoms with Crippen LogP contribution in [0, 0.1) is 11.8 Å². The van der Waals surface area contributed by atoms with Gasteiger partial charge >= 0.3 is 10.3 Å². The van der Waals surface area contributed by atoms with Crippen molar-refractivity contribution in [2.24, 2.45) is 11.8 Å². The largest absolute Gasteiger partial charge is 0.393 e. The Bertz CT molecular complexity index is 1260. The average molecular weight is 472 g/mol. The lowest BCUT2D eigenvalue weighted by molar-refractivity contribution is 0.133. The third-order valence-corrected chi connectivity index (χ3v) is 7.75. The van der Waals surface area contributed by atoms with Gasteiger partial charge in [-0.1, -0.05) is 37.6 Å². The molecular formula is C23H29N5O4S. The Kier molecular flexibility index (Phi) is 5.86. The Balaban J connectivity index is 1.39. The number of nitrogens with one attached hydrogen (secondary N) is 2. The molecular weight excluding hydrogens is 442 g/mol. The monoisotopic (exact) mass is 471 g/mol. The molecule has 0 bridgehead atoms. The Morgan fingerprint density at radius 1 is 1.15 bits per heavy atom. The summed E-state index contributed by atoms with van der Waals surface area (Å²) < 4.78 is 35.1. The van der Waals surface area contributed by atoms with Crippen LogP contribution >= 0.6 is 0 Å². The minimum atomic E-state index is -4.28. The summed E-state index contributed by atoms with van der Waals surface area (Å²) in [6.07, 6.45) is 6.04. The van der Waals surface area contributed by atoms with Gasteiger partial charge in [0.1, 0.15) is 17.8 Å². The van der Waals surface area contributed by atoms with Crippen LogP contribution in [0.4, 0.5) is 5.82 Å². The minimum Gasteiger partial charge on any atom is -0.393 e. The number of aliphatic hydroxyl groups is 1. The van der Waals surface area contributed by atoms with E-state index in [4.69, 9.17) is 4.55 Å². The standard InChI is InChI=1S/C23H29N5O4S/c1-2-14-9-15-5-3-4-6-18(15)21(14)27-22-19-7-8-28(23(19)25-13-24-22)17-10-16(20(29)11-17)12-26-33(30,31)32/h3-8,13-14,16-17,20-21,26,29H,2,9-12H2,1H3,(H,24,25,27)(H,30,31,32)/t14-,16+,17-,20+,21-/m1/s1. The molecule has 3 aromatic rings. The molecule has 10 heteroatoms. The molecule has 176 valence electrons. The summed E-state index contributed by atoms with van der Waals surface area (Å²) in [6, 6.07) is 10.7. The van der Waals surface area contributed by atoms with Crippen molar-refractivity contribution in [3.05, 3.63) is 54.0 Å². The van der Waals surface area contributed by atoms with Gasteiger partial charge in [-0.2, -0.15) is 13.1 Å². The summed E-state index contributed by atoms with van der Waals surface area (Å²) in [5, 5.41) is 15.0. The van der Waals surface area contributed by atoms with Crippen LogP contribution in [0.25, 0.3) is 11.0 Å². The van der Waals surface area contributed by atoms with Gasteiger partial charge in [0, 0.05) is 24.7 Å². The molecule has 2 aliphatic carbocycles.